The Labute approximate surface area is 118 Å². The molecule has 3 rings (SSSR count). The lowest BCUT2D eigenvalue weighted by atomic mass is 10.1. The van der Waals surface area contributed by atoms with Crippen LogP contribution in [0.2, 0.25) is 0 Å². The molecule has 104 valence electrons. The van der Waals surface area contributed by atoms with Gasteiger partial charge in [0.25, 0.3) is 5.91 Å². The summed E-state index contributed by atoms with van der Waals surface area (Å²) in [5.41, 5.74) is 1.63. The lowest BCUT2D eigenvalue weighted by Gasteiger charge is -2.25. The Bertz CT molecular complexity index is 598. The molecule has 0 unspecified atom stereocenters. The Hall–Kier alpha value is -2.07. The second-order valence-electron chi connectivity index (χ2n) is 5.12. The maximum atomic E-state index is 12.7. The number of hydrogen-bond donors (Lipinski definition) is 1. The first-order valence-corrected chi connectivity index (χ1v) is 7.02. The highest BCUT2D eigenvalue weighted by Gasteiger charge is 2.25. The number of hydrogen-bond acceptors (Lipinski definition) is 2. The van der Waals surface area contributed by atoms with Gasteiger partial charge in [0.2, 0.25) is 0 Å². The van der Waals surface area contributed by atoms with Crippen molar-refractivity contribution in [3.05, 3.63) is 47.7 Å². The third-order valence-electron chi connectivity index (χ3n) is 3.62. The van der Waals surface area contributed by atoms with Crippen LogP contribution in [-0.4, -0.2) is 37.0 Å². The summed E-state index contributed by atoms with van der Waals surface area (Å²) >= 11 is 0. The number of aryl methyl sites for hydroxylation is 1. The molecule has 1 aliphatic heterocycles. The molecule has 1 saturated heterocycles. The first-order chi connectivity index (χ1) is 9.75. The number of quaternary nitrogens is 1. The quantitative estimate of drug-likeness (QED) is 0.894. The first-order valence-electron chi connectivity index (χ1n) is 7.02. The highest BCUT2D eigenvalue weighted by Crippen LogP contribution is 2.28. The largest absolute Gasteiger partial charge is 0.461 e. The van der Waals surface area contributed by atoms with E-state index in [2.05, 4.69) is 5.32 Å². The standard InChI is InChI=1S/C16H18N2O2/c1-12-11-14(16(19)18-9-7-17-8-10-18)15(20-12)13-5-3-2-4-6-13/h2-6,11,17H,7-10H2,1H3/p+1. The summed E-state index contributed by atoms with van der Waals surface area (Å²) in [7, 11) is 0. The molecule has 0 aliphatic carbocycles. The van der Waals surface area contributed by atoms with Crippen molar-refractivity contribution >= 4 is 5.91 Å². The molecule has 0 atom stereocenters. The fourth-order valence-corrected chi connectivity index (χ4v) is 2.60. The van der Waals surface area contributed by atoms with Crippen molar-refractivity contribution in [1.82, 2.24) is 4.90 Å². The number of nitrogens with zero attached hydrogens (tertiary/aromatic N) is 1. The number of benzene rings is 1. The average molecular weight is 271 g/mol. The topological polar surface area (TPSA) is 50.1 Å². The number of carbonyl (C=O) groups excluding carboxylic acids is 1. The smallest absolute Gasteiger partial charge is 0.258 e. The molecule has 20 heavy (non-hydrogen) atoms. The van der Waals surface area contributed by atoms with Crippen LogP contribution in [0.4, 0.5) is 0 Å². The van der Waals surface area contributed by atoms with Crippen molar-refractivity contribution < 1.29 is 14.5 Å². The molecular formula is C16H19N2O2+. The molecule has 0 bridgehead atoms. The van der Waals surface area contributed by atoms with E-state index in [0.29, 0.717) is 11.3 Å². The van der Waals surface area contributed by atoms with Gasteiger partial charge in [-0.25, -0.2) is 0 Å². The monoisotopic (exact) mass is 271 g/mol. The van der Waals surface area contributed by atoms with E-state index in [4.69, 9.17) is 4.42 Å². The van der Waals surface area contributed by atoms with E-state index in [1.165, 1.54) is 0 Å². The van der Waals surface area contributed by atoms with E-state index >= 15 is 0 Å². The molecule has 2 heterocycles. The van der Waals surface area contributed by atoms with Crippen LogP contribution >= 0.6 is 0 Å². The molecule has 1 amide bonds. The number of rotatable bonds is 2. The summed E-state index contributed by atoms with van der Waals surface area (Å²) in [4.78, 5) is 14.6. The van der Waals surface area contributed by atoms with E-state index < -0.39 is 0 Å². The zero-order valence-corrected chi connectivity index (χ0v) is 11.6. The number of piperazine rings is 1. The first kappa shape index (κ1) is 12.9. The van der Waals surface area contributed by atoms with Gasteiger partial charge in [-0.2, -0.15) is 0 Å². The zero-order chi connectivity index (χ0) is 13.9. The van der Waals surface area contributed by atoms with Crippen LogP contribution in [0.25, 0.3) is 11.3 Å². The van der Waals surface area contributed by atoms with E-state index in [1.54, 1.807) is 0 Å². The molecule has 1 aromatic heterocycles. The highest BCUT2D eigenvalue weighted by molar-refractivity contribution is 5.99. The van der Waals surface area contributed by atoms with Gasteiger partial charge in [-0.3, -0.25) is 4.79 Å². The fraction of sp³-hybridized carbons (Fsp3) is 0.312. The Morgan fingerprint density at radius 3 is 2.60 bits per heavy atom. The van der Waals surface area contributed by atoms with Gasteiger partial charge in [-0.15, -0.1) is 0 Å². The van der Waals surface area contributed by atoms with Gasteiger partial charge >= 0.3 is 0 Å². The summed E-state index contributed by atoms with van der Waals surface area (Å²) in [6.07, 6.45) is 0. The van der Waals surface area contributed by atoms with Crippen molar-refractivity contribution in [3.63, 3.8) is 0 Å². The minimum atomic E-state index is 0.0776. The molecule has 2 aromatic rings. The number of amides is 1. The summed E-state index contributed by atoms with van der Waals surface area (Å²) in [6, 6.07) is 11.7. The molecular weight excluding hydrogens is 252 g/mol. The molecule has 0 spiro atoms. The zero-order valence-electron chi connectivity index (χ0n) is 11.6. The molecule has 1 fully saturated rings. The molecule has 4 heteroatoms. The van der Waals surface area contributed by atoms with Crippen LogP contribution in [0.15, 0.2) is 40.8 Å². The molecule has 2 N–H and O–H groups in total. The molecule has 4 nitrogen and oxygen atoms in total. The van der Waals surface area contributed by atoms with E-state index in [9.17, 15) is 4.79 Å². The van der Waals surface area contributed by atoms with Crippen molar-refractivity contribution in [2.75, 3.05) is 26.2 Å². The lowest BCUT2D eigenvalue weighted by Crippen LogP contribution is -2.89. The molecule has 1 aromatic carbocycles. The van der Waals surface area contributed by atoms with Gasteiger partial charge in [0, 0.05) is 5.56 Å². The normalized spacial score (nSPS) is 15.3. The van der Waals surface area contributed by atoms with Gasteiger partial charge < -0.3 is 14.6 Å². The van der Waals surface area contributed by atoms with Crippen molar-refractivity contribution in [2.45, 2.75) is 6.92 Å². The van der Waals surface area contributed by atoms with Gasteiger partial charge in [-0.05, 0) is 13.0 Å². The van der Waals surface area contributed by atoms with Gasteiger partial charge in [-0.1, -0.05) is 30.3 Å². The predicted octanol–water partition coefficient (Wildman–Crippen LogP) is 1.27. The third-order valence-corrected chi connectivity index (χ3v) is 3.62. The van der Waals surface area contributed by atoms with Gasteiger partial charge in [0.15, 0.2) is 0 Å². The van der Waals surface area contributed by atoms with Gasteiger partial charge in [0.05, 0.1) is 31.7 Å². The number of carbonyl (C=O) groups is 1. The second kappa shape index (κ2) is 5.51. The molecule has 0 saturated carbocycles. The Morgan fingerprint density at radius 2 is 1.90 bits per heavy atom. The van der Waals surface area contributed by atoms with Crippen LogP contribution < -0.4 is 5.32 Å². The van der Waals surface area contributed by atoms with Gasteiger partial charge in [0.1, 0.15) is 11.5 Å². The Morgan fingerprint density at radius 1 is 1.20 bits per heavy atom. The van der Waals surface area contributed by atoms with Crippen molar-refractivity contribution in [3.8, 4) is 11.3 Å². The Kier molecular flexibility index (Phi) is 3.56. The fourth-order valence-electron chi connectivity index (χ4n) is 2.60. The third kappa shape index (κ3) is 2.47. The van der Waals surface area contributed by atoms with Crippen molar-refractivity contribution in [2.24, 2.45) is 0 Å². The van der Waals surface area contributed by atoms with Crippen LogP contribution in [0, 0.1) is 6.92 Å². The van der Waals surface area contributed by atoms with Crippen LogP contribution in [0.1, 0.15) is 16.1 Å². The minimum Gasteiger partial charge on any atom is -0.461 e. The maximum Gasteiger partial charge on any atom is 0.258 e. The summed E-state index contributed by atoms with van der Waals surface area (Å²) < 4.78 is 5.76. The predicted molar refractivity (Wildman–Crippen MR) is 76.4 cm³/mol. The SMILES string of the molecule is Cc1cc(C(=O)N2CC[NH2+]CC2)c(-c2ccccc2)o1. The molecule has 0 radical (unpaired) electrons. The van der Waals surface area contributed by atoms with E-state index in [-0.39, 0.29) is 5.91 Å². The van der Waals surface area contributed by atoms with E-state index in [1.807, 2.05) is 48.2 Å². The summed E-state index contributed by atoms with van der Waals surface area (Å²) in [5, 5.41) is 2.24. The summed E-state index contributed by atoms with van der Waals surface area (Å²) in [6.45, 7) is 5.44. The maximum absolute atomic E-state index is 12.7. The van der Waals surface area contributed by atoms with Crippen LogP contribution in [0.5, 0.6) is 0 Å². The second-order valence-corrected chi connectivity index (χ2v) is 5.12. The number of nitrogens with two attached hydrogens (primary N) is 1. The van der Waals surface area contributed by atoms with Crippen LogP contribution in [-0.2, 0) is 0 Å². The van der Waals surface area contributed by atoms with E-state index in [0.717, 1.165) is 37.5 Å². The molecule has 1 aliphatic rings. The number of furan rings is 1. The summed E-state index contributed by atoms with van der Waals surface area (Å²) in [5.74, 6) is 1.53. The Balaban J connectivity index is 1.95. The highest BCUT2D eigenvalue weighted by atomic mass is 16.3. The van der Waals surface area contributed by atoms with Crippen LogP contribution in [0.3, 0.4) is 0 Å². The average Bonchev–Trinajstić information content (AvgIpc) is 2.90. The lowest BCUT2D eigenvalue weighted by molar-refractivity contribution is -0.661. The minimum absolute atomic E-state index is 0.0776. The van der Waals surface area contributed by atoms with Crippen molar-refractivity contribution in [1.29, 1.82) is 0 Å².